The molecule has 2 aromatic rings. The molecule has 0 unspecified atom stereocenters. The molecule has 1 N–H and O–H groups in total. The van der Waals surface area contributed by atoms with Gasteiger partial charge in [0.15, 0.2) is 0 Å². The Bertz CT molecular complexity index is 607. The molecule has 4 nitrogen and oxygen atoms in total. The van der Waals surface area contributed by atoms with E-state index in [4.69, 9.17) is 11.6 Å². The van der Waals surface area contributed by atoms with Crippen LogP contribution in [0.25, 0.3) is 0 Å². The van der Waals surface area contributed by atoms with Crippen LogP contribution in [0, 0.1) is 6.92 Å². The summed E-state index contributed by atoms with van der Waals surface area (Å²) in [5, 5.41) is 7.67. The molecule has 20 heavy (non-hydrogen) atoms. The van der Waals surface area contributed by atoms with Gasteiger partial charge in [0.25, 0.3) is 0 Å². The zero-order valence-electron chi connectivity index (χ0n) is 11.6. The SMILES string of the molecule is Cc1c(Sc2ccc(Cl)cc2)cnn1C(=O)NC(C)C. The Morgan fingerprint density at radius 1 is 1.35 bits per heavy atom. The summed E-state index contributed by atoms with van der Waals surface area (Å²) in [5.74, 6) is 0. The molecular weight excluding hydrogens is 294 g/mol. The van der Waals surface area contributed by atoms with Gasteiger partial charge in [0.05, 0.1) is 16.8 Å². The lowest BCUT2D eigenvalue weighted by atomic mass is 10.4. The van der Waals surface area contributed by atoms with Gasteiger partial charge in [-0.15, -0.1) is 0 Å². The molecule has 0 aliphatic carbocycles. The molecule has 106 valence electrons. The highest BCUT2D eigenvalue weighted by molar-refractivity contribution is 7.99. The third-order valence-electron chi connectivity index (χ3n) is 2.61. The standard InChI is InChI=1S/C14H16ClN3OS/c1-9(2)17-14(19)18-10(3)13(8-16-18)20-12-6-4-11(15)5-7-12/h4-9H,1-3H3,(H,17,19). The molecule has 1 amide bonds. The van der Waals surface area contributed by atoms with Gasteiger partial charge in [-0.25, -0.2) is 4.79 Å². The van der Waals surface area contributed by atoms with Gasteiger partial charge >= 0.3 is 6.03 Å². The first-order valence-corrected chi connectivity index (χ1v) is 7.45. The van der Waals surface area contributed by atoms with E-state index in [2.05, 4.69) is 10.4 Å². The Morgan fingerprint density at radius 2 is 2.00 bits per heavy atom. The fraction of sp³-hybridized carbons (Fsp3) is 0.286. The molecule has 1 aromatic carbocycles. The van der Waals surface area contributed by atoms with Crippen LogP contribution in [-0.4, -0.2) is 21.9 Å². The third kappa shape index (κ3) is 3.55. The van der Waals surface area contributed by atoms with Crippen molar-refractivity contribution in [2.45, 2.75) is 36.6 Å². The summed E-state index contributed by atoms with van der Waals surface area (Å²) >= 11 is 7.42. The van der Waals surface area contributed by atoms with E-state index in [1.807, 2.05) is 45.0 Å². The molecule has 6 heteroatoms. The molecule has 0 saturated heterocycles. The fourth-order valence-corrected chi connectivity index (χ4v) is 2.62. The van der Waals surface area contributed by atoms with E-state index < -0.39 is 0 Å². The number of hydrogen-bond acceptors (Lipinski definition) is 3. The van der Waals surface area contributed by atoms with Crippen LogP contribution >= 0.6 is 23.4 Å². The molecule has 0 bridgehead atoms. The molecule has 0 fully saturated rings. The van der Waals surface area contributed by atoms with Crippen molar-refractivity contribution in [3.05, 3.63) is 41.2 Å². The maximum atomic E-state index is 11.9. The van der Waals surface area contributed by atoms with Gasteiger partial charge < -0.3 is 5.32 Å². The molecule has 1 aromatic heterocycles. The molecule has 0 aliphatic rings. The Morgan fingerprint density at radius 3 is 2.60 bits per heavy atom. The second-order valence-corrected chi connectivity index (χ2v) is 6.22. The molecule has 0 saturated carbocycles. The molecule has 0 aliphatic heterocycles. The normalized spacial score (nSPS) is 10.8. The van der Waals surface area contributed by atoms with Crippen molar-refractivity contribution in [3.8, 4) is 0 Å². The van der Waals surface area contributed by atoms with Crippen molar-refractivity contribution in [3.63, 3.8) is 0 Å². The summed E-state index contributed by atoms with van der Waals surface area (Å²) < 4.78 is 1.39. The van der Waals surface area contributed by atoms with Crippen LogP contribution in [0.2, 0.25) is 5.02 Å². The topological polar surface area (TPSA) is 46.9 Å². The Labute approximate surface area is 127 Å². The van der Waals surface area contributed by atoms with E-state index in [0.717, 1.165) is 15.5 Å². The first-order chi connectivity index (χ1) is 9.47. The van der Waals surface area contributed by atoms with E-state index in [-0.39, 0.29) is 12.1 Å². The van der Waals surface area contributed by atoms with Gasteiger partial charge in [-0.05, 0) is 45.0 Å². The third-order valence-corrected chi connectivity index (χ3v) is 3.99. The second-order valence-electron chi connectivity index (χ2n) is 4.67. The highest BCUT2D eigenvalue weighted by Crippen LogP contribution is 2.30. The molecular formula is C14H16ClN3OS. The fourth-order valence-electron chi connectivity index (χ4n) is 1.64. The van der Waals surface area contributed by atoms with Gasteiger partial charge in [-0.2, -0.15) is 9.78 Å². The Kier molecular flexibility index (Phi) is 4.73. The summed E-state index contributed by atoms with van der Waals surface area (Å²) in [5.41, 5.74) is 0.822. The summed E-state index contributed by atoms with van der Waals surface area (Å²) in [6, 6.07) is 7.44. The van der Waals surface area contributed by atoms with Crippen molar-refractivity contribution in [2.75, 3.05) is 0 Å². The number of carbonyl (C=O) groups is 1. The zero-order chi connectivity index (χ0) is 14.7. The second kappa shape index (κ2) is 6.33. The highest BCUT2D eigenvalue weighted by atomic mass is 35.5. The summed E-state index contributed by atoms with van der Waals surface area (Å²) in [6.45, 7) is 5.71. The van der Waals surface area contributed by atoms with Crippen LogP contribution < -0.4 is 5.32 Å². The summed E-state index contributed by atoms with van der Waals surface area (Å²) in [4.78, 5) is 14.0. The Balaban J connectivity index is 2.16. The van der Waals surface area contributed by atoms with Gasteiger partial charge in [-0.3, -0.25) is 0 Å². The van der Waals surface area contributed by atoms with Crippen LogP contribution in [0.5, 0.6) is 0 Å². The lowest BCUT2D eigenvalue weighted by Crippen LogP contribution is -2.35. The number of amides is 1. The molecule has 1 heterocycles. The molecule has 0 atom stereocenters. The van der Waals surface area contributed by atoms with Crippen LogP contribution in [0.15, 0.2) is 40.3 Å². The number of aromatic nitrogens is 2. The molecule has 0 spiro atoms. The van der Waals surface area contributed by atoms with E-state index in [9.17, 15) is 4.79 Å². The number of rotatable bonds is 3. The van der Waals surface area contributed by atoms with E-state index in [1.165, 1.54) is 4.68 Å². The smallest absolute Gasteiger partial charge is 0.334 e. The number of nitrogens with one attached hydrogen (secondary N) is 1. The van der Waals surface area contributed by atoms with Gasteiger partial charge in [0, 0.05) is 16.0 Å². The number of hydrogen-bond donors (Lipinski definition) is 1. The minimum absolute atomic E-state index is 0.0819. The maximum absolute atomic E-state index is 11.9. The number of halogens is 1. The van der Waals surface area contributed by atoms with Crippen molar-refractivity contribution in [2.24, 2.45) is 0 Å². The summed E-state index contributed by atoms with van der Waals surface area (Å²) in [6.07, 6.45) is 1.70. The minimum Gasteiger partial charge on any atom is -0.334 e. The first kappa shape index (κ1) is 14.9. The Hall–Kier alpha value is -1.46. The van der Waals surface area contributed by atoms with Crippen molar-refractivity contribution < 1.29 is 4.79 Å². The van der Waals surface area contributed by atoms with E-state index in [1.54, 1.807) is 18.0 Å². The monoisotopic (exact) mass is 309 g/mol. The first-order valence-electron chi connectivity index (χ1n) is 6.26. The van der Waals surface area contributed by atoms with Crippen LogP contribution in [-0.2, 0) is 0 Å². The highest BCUT2D eigenvalue weighted by Gasteiger charge is 2.14. The lowest BCUT2D eigenvalue weighted by Gasteiger charge is -2.09. The van der Waals surface area contributed by atoms with Gasteiger partial charge in [0.2, 0.25) is 0 Å². The predicted molar refractivity (Wildman–Crippen MR) is 81.6 cm³/mol. The van der Waals surface area contributed by atoms with Crippen LogP contribution in [0.4, 0.5) is 4.79 Å². The lowest BCUT2D eigenvalue weighted by molar-refractivity contribution is 0.236. The van der Waals surface area contributed by atoms with Gasteiger partial charge in [-0.1, -0.05) is 23.4 Å². The average Bonchev–Trinajstić information content (AvgIpc) is 2.73. The van der Waals surface area contributed by atoms with Crippen molar-refractivity contribution in [1.29, 1.82) is 0 Å². The molecule has 2 rings (SSSR count). The quantitative estimate of drug-likeness (QED) is 0.933. The van der Waals surface area contributed by atoms with Crippen LogP contribution in [0.1, 0.15) is 19.5 Å². The van der Waals surface area contributed by atoms with E-state index >= 15 is 0 Å². The van der Waals surface area contributed by atoms with Gasteiger partial charge in [0.1, 0.15) is 0 Å². The molecule has 0 radical (unpaired) electrons. The maximum Gasteiger partial charge on any atom is 0.342 e. The number of nitrogens with zero attached hydrogens (tertiary/aromatic N) is 2. The zero-order valence-corrected chi connectivity index (χ0v) is 13.1. The number of benzene rings is 1. The summed E-state index contributed by atoms with van der Waals surface area (Å²) in [7, 11) is 0. The largest absolute Gasteiger partial charge is 0.342 e. The van der Waals surface area contributed by atoms with Crippen molar-refractivity contribution >= 4 is 29.4 Å². The number of carbonyl (C=O) groups excluding carboxylic acids is 1. The minimum atomic E-state index is -0.208. The predicted octanol–water partition coefficient (Wildman–Crippen LogP) is 3.96. The average molecular weight is 310 g/mol. The van der Waals surface area contributed by atoms with Crippen molar-refractivity contribution in [1.82, 2.24) is 15.1 Å². The van der Waals surface area contributed by atoms with Crippen LogP contribution in [0.3, 0.4) is 0 Å². The van der Waals surface area contributed by atoms with E-state index in [0.29, 0.717) is 5.02 Å².